The minimum Gasteiger partial charge on any atom is -0.376 e. The van der Waals surface area contributed by atoms with Crippen LogP contribution in [0, 0.1) is 0 Å². The van der Waals surface area contributed by atoms with Crippen molar-refractivity contribution in [1.29, 1.82) is 0 Å². The van der Waals surface area contributed by atoms with E-state index in [1.165, 1.54) is 0 Å². The second-order valence-corrected chi connectivity index (χ2v) is 4.39. The monoisotopic (exact) mass is 379 g/mol. The molecule has 0 bridgehead atoms. The summed E-state index contributed by atoms with van der Waals surface area (Å²) in [5.41, 5.74) is 1.12. The van der Waals surface area contributed by atoms with Crippen LogP contribution in [0.1, 0.15) is 18.5 Å². The highest BCUT2D eigenvalue weighted by atomic mass is 127. The molecule has 0 saturated carbocycles. The van der Waals surface area contributed by atoms with E-state index < -0.39 is 0 Å². The van der Waals surface area contributed by atoms with Gasteiger partial charge in [0.1, 0.15) is 0 Å². The van der Waals surface area contributed by atoms with Gasteiger partial charge in [0.05, 0.1) is 18.3 Å². The Kier molecular flexibility index (Phi) is 7.14. The van der Waals surface area contributed by atoms with Gasteiger partial charge in [-0.05, 0) is 18.9 Å². The molecule has 0 radical (unpaired) electrons. The number of guanidine groups is 1. The van der Waals surface area contributed by atoms with Crippen LogP contribution in [0.2, 0.25) is 0 Å². The maximum atomic E-state index is 5.56. The van der Waals surface area contributed by atoms with Crippen molar-refractivity contribution in [2.45, 2.75) is 25.5 Å². The first-order valence-electron chi connectivity index (χ1n) is 6.32. The maximum absolute atomic E-state index is 5.56. The van der Waals surface area contributed by atoms with Gasteiger partial charge in [-0.2, -0.15) is 5.10 Å². The first-order valence-corrected chi connectivity index (χ1v) is 6.32. The molecule has 0 aromatic carbocycles. The third-order valence-corrected chi connectivity index (χ3v) is 3.10. The predicted molar refractivity (Wildman–Crippen MR) is 85.8 cm³/mol. The number of hydrogen-bond donors (Lipinski definition) is 2. The molecule has 19 heavy (non-hydrogen) atoms. The van der Waals surface area contributed by atoms with Crippen LogP contribution in [0.25, 0.3) is 0 Å². The van der Waals surface area contributed by atoms with Gasteiger partial charge < -0.3 is 15.4 Å². The Hall–Kier alpha value is -0.830. The Morgan fingerprint density at radius 2 is 2.42 bits per heavy atom. The number of ether oxygens (including phenoxy) is 1. The molecule has 1 saturated heterocycles. The second-order valence-electron chi connectivity index (χ2n) is 4.39. The van der Waals surface area contributed by atoms with Gasteiger partial charge in [0.2, 0.25) is 0 Å². The molecule has 1 fully saturated rings. The molecular weight excluding hydrogens is 357 g/mol. The fourth-order valence-corrected chi connectivity index (χ4v) is 1.99. The number of rotatable bonds is 4. The number of halogens is 1. The number of nitrogens with zero attached hydrogens (tertiary/aromatic N) is 3. The number of hydrogen-bond acceptors (Lipinski definition) is 3. The molecule has 1 aliphatic rings. The number of nitrogens with one attached hydrogen (secondary N) is 2. The average molecular weight is 379 g/mol. The molecule has 1 aromatic heterocycles. The van der Waals surface area contributed by atoms with E-state index in [1.807, 2.05) is 17.8 Å². The summed E-state index contributed by atoms with van der Waals surface area (Å²) in [4.78, 5) is 4.19. The third kappa shape index (κ3) is 4.98. The summed E-state index contributed by atoms with van der Waals surface area (Å²) in [6, 6.07) is 1.99. The number of aliphatic imine (C=N–C) groups is 1. The summed E-state index contributed by atoms with van der Waals surface area (Å²) in [5, 5.41) is 10.7. The molecule has 0 amide bonds. The summed E-state index contributed by atoms with van der Waals surface area (Å²) in [5.74, 6) is 0.798. The lowest BCUT2D eigenvalue weighted by Crippen LogP contribution is -2.40. The second kappa shape index (κ2) is 8.36. The standard InChI is InChI=1S/C12H21N5O.HI/c1-13-12(15-9-11-4-3-7-18-11)14-8-10-5-6-16-17(10)2;/h5-6,11H,3-4,7-9H2,1-2H3,(H2,13,14,15);1H. The molecular formula is C12H22IN5O. The fraction of sp³-hybridized carbons (Fsp3) is 0.667. The van der Waals surface area contributed by atoms with Gasteiger partial charge in [-0.1, -0.05) is 0 Å². The van der Waals surface area contributed by atoms with Crippen LogP contribution in [0.5, 0.6) is 0 Å². The van der Waals surface area contributed by atoms with Crippen molar-refractivity contribution in [3.63, 3.8) is 0 Å². The van der Waals surface area contributed by atoms with Crippen LogP contribution in [-0.2, 0) is 18.3 Å². The maximum Gasteiger partial charge on any atom is 0.191 e. The van der Waals surface area contributed by atoms with Crippen LogP contribution < -0.4 is 10.6 Å². The largest absolute Gasteiger partial charge is 0.376 e. The summed E-state index contributed by atoms with van der Waals surface area (Å²) in [6.45, 7) is 2.40. The molecule has 0 spiro atoms. The summed E-state index contributed by atoms with van der Waals surface area (Å²) < 4.78 is 7.41. The summed E-state index contributed by atoms with van der Waals surface area (Å²) >= 11 is 0. The Morgan fingerprint density at radius 3 is 3.00 bits per heavy atom. The highest BCUT2D eigenvalue weighted by Crippen LogP contribution is 2.10. The molecule has 0 aliphatic carbocycles. The average Bonchev–Trinajstić information content (AvgIpc) is 3.01. The SMILES string of the molecule is CN=C(NCc1ccnn1C)NCC1CCCO1.I. The Morgan fingerprint density at radius 1 is 1.58 bits per heavy atom. The van der Waals surface area contributed by atoms with Crippen molar-refractivity contribution < 1.29 is 4.74 Å². The highest BCUT2D eigenvalue weighted by molar-refractivity contribution is 14.0. The topological polar surface area (TPSA) is 63.5 Å². The molecule has 1 aliphatic heterocycles. The van der Waals surface area contributed by atoms with Crippen LogP contribution in [0.4, 0.5) is 0 Å². The Balaban J connectivity index is 0.00000180. The van der Waals surface area contributed by atoms with Crippen LogP contribution in [0.15, 0.2) is 17.3 Å². The van der Waals surface area contributed by atoms with Crippen molar-refractivity contribution in [2.75, 3.05) is 20.2 Å². The first kappa shape index (κ1) is 16.2. The predicted octanol–water partition coefficient (Wildman–Crippen LogP) is 0.882. The zero-order chi connectivity index (χ0) is 12.8. The van der Waals surface area contributed by atoms with Gasteiger partial charge in [0.25, 0.3) is 0 Å². The number of aryl methyl sites for hydroxylation is 1. The minimum atomic E-state index is 0. The zero-order valence-electron chi connectivity index (χ0n) is 11.4. The fourth-order valence-electron chi connectivity index (χ4n) is 1.99. The molecule has 1 aromatic rings. The van der Waals surface area contributed by atoms with E-state index in [0.717, 1.165) is 37.6 Å². The lowest BCUT2D eigenvalue weighted by molar-refractivity contribution is 0.114. The quantitative estimate of drug-likeness (QED) is 0.463. The Labute approximate surface area is 131 Å². The third-order valence-electron chi connectivity index (χ3n) is 3.10. The minimum absolute atomic E-state index is 0. The summed E-state index contributed by atoms with van der Waals surface area (Å²) in [6.07, 6.45) is 4.40. The van der Waals surface area contributed by atoms with E-state index in [4.69, 9.17) is 4.74 Å². The number of aromatic nitrogens is 2. The van der Waals surface area contributed by atoms with Crippen molar-refractivity contribution in [3.05, 3.63) is 18.0 Å². The lowest BCUT2D eigenvalue weighted by atomic mass is 10.2. The van der Waals surface area contributed by atoms with Gasteiger partial charge in [-0.15, -0.1) is 24.0 Å². The van der Waals surface area contributed by atoms with Crippen molar-refractivity contribution in [2.24, 2.45) is 12.0 Å². The molecule has 2 rings (SSSR count). The van der Waals surface area contributed by atoms with Gasteiger partial charge >= 0.3 is 0 Å². The van der Waals surface area contributed by atoms with E-state index in [2.05, 4.69) is 20.7 Å². The lowest BCUT2D eigenvalue weighted by Gasteiger charge is -2.15. The smallest absolute Gasteiger partial charge is 0.191 e. The molecule has 108 valence electrons. The van der Waals surface area contributed by atoms with Gasteiger partial charge in [-0.25, -0.2) is 0 Å². The molecule has 1 unspecified atom stereocenters. The highest BCUT2D eigenvalue weighted by Gasteiger charge is 2.15. The van der Waals surface area contributed by atoms with Gasteiger partial charge in [-0.3, -0.25) is 9.67 Å². The summed E-state index contributed by atoms with van der Waals surface area (Å²) in [7, 11) is 3.70. The molecule has 6 nitrogen and oxygen atoms in total. The molecule has 7 heteroatoms. The zero-order valence-corrected chi connectivity index (χ0v) is 13.8. The molecule has 2 heterocycles. The normalized spacial score (nSPS) is 19.1. The van der Waals surface area contributed by atoms with Crippen LogP contribution >= 0.6 is 24.0 Å². The van der Waals surface area contributed by atoms with Crippen molar-refractivity contribution >= 4 is 29.9 Å². The van der Waals surface area contributed by atoms with Crippen LogP contribution in [-0.4, -0.2) is 42.0 Å². The van der Waals surface area contributed by atoms with E-state index in [1.54, 1.807) is 13.2 Å². The van der Waals surface area contributed by atoms with E-state index >= 15 is 0 Å². The van der Waals surface area contributed by atoms with E-state index in [9.17, 15) is 0 Å². The Bertz CT molecular complexity index is 401. The van der Waals surface area contributed by atoms with Crippen molar-refractivity contribution in [1.82, 2.24) is 20.4 Å². The van der Waals surface area contributed by atoms with Crippen molar-refractivity contribution in [3.8, 4) is 0 Å². The first-order chi connectivity index (χ1) is 8.79. The van der Waals surface area contributed by atoms with Gasteiger partial charge in [0.15, 0.2) is 5.96 Å². The van der Waals surface area contributed by atoms with E-state index in [0.29, 0.717) is 12.6 Å². The molecule has 2 N–H and O–H groups in total. The van der Waals surface area contributed by atoms with E-state index in [-0.39, 0.29) is 24.0 Å². The van der Waals surface area contributed by atoms with Gasteiger partial charge in [0, 0.05) is 33.4 Å². The van der Waals surface area contributed by atoms with Crippen LogP contribution in [0.3, 0.4) is 0 Å². The molecule has 1 atom stereocenters.